The zero-order chi connectivity index (χ0) is 17.1. The molecule has 6 heteroatoms. The van der Waals surface area contributed by atoms with Gasteiger partial charge in [0.15, 0.2) is 0 Å². The van der Waals surface area contributed by atoms with Gasteiger partial charge in [0.1, 0.15) is 0 Å². The van der Waals surface area contributed by atoms with Crippen molar-refractivity contribution >= 4 is 11.9 Å². The molecule has 1 amide bonds. The van der Waals surface area contributed by atoms with Gasteiger partial charge in [0, 0.05) is 43.9 Å². The number of nitrogens with one attached hydrogen (secondary N) is 1. The van der Waals surface area contributed by atoms with Crippen molar-refractivity contribution in [3.05, 3.63) is 36.7 Å². The van der Waals surface area contributed by atoms with Gasteiger partial charge in [-0.1, -0.05) is 18.9 Å². The highest BCUT2D eigenvalue weighted by Gasteiger charge is 2.35. The van der Waals surface area contributed by atoms with Gasteiger partial charge in [0.25, 0.3) is 0 Å². The predicted molar refractivity (Wildman–Crippen MR) is 95.8 cm³/mol. The van der Waals surface area contributed by atoms with Crippen LogP contribution < -0.4 is 5.32 Å². The molecule has 1 saturated heterocycles. The number of aromatic nitrogens is 3. The van der Waals surface area contributed by atoms with Gasteiger partial charge in [0.2, 0.25) is 11.9 Å². The fourth-order valence-corrected chi connectivity index (χ4v) is 3.85. The lowest BCUT2D eigenvalue weighted by molar-refractivity contribution is -0.129. The average molecular weight is 337 g/mol. The summed E-state index contributed by atoms with van der Waals surface area (Å²) in [7, 11) is 0. The van der Waals surface area contributed by atoms with Crippen molar-refractivity contribution in [2.24, 2.45) is 5.92 Å². The van der Waals surface area contributed by atoms with Crippen LogP contribution in [-0.2, 0) is 4.79 Å². The fraction of sp³-hybridized carbons (Fsp3) is 0.474. The average Bonchev–Trinajstić information content (AvgIpc) is 3.30. The zero-order valence-electron chi connectivity index (χ0n) is 14.3. The van der Waals surface area contributed by atoms with Crippen molar-refractivity contribution < 1.29 is 4.79 Å². The number of hydrogen-bond acceptors (Lipinski definition) is 5. The summed E-state index contributed by atoms with van der Waals surface area (Å²) in [5, 5.41) is 3.30. The zero-order valence-corrected chi connectivity index (χ0v) is 14.3. The first-order chi connectivity index (χ1) is 12.3. The van der Waals surface area contributed by atoms with E-state index in [1.165, 1.54) is 25.7 Å². The van der Waals surface area contributed by atoms with Gasteiger partial charge in [-0.05, 0) is 31.0 Å². The molecule has 1 atom stereocenters. The van der Waals surface area contributed by atoms with E-state index >= 15 is 0 Å². The van der Waals surface area contributed by atoms with Crippen LogP contribution >= 0.6 is 0 Å². The van der Waals surface area contributed by atoms with Gasteiger partial charge in [0.05, 0.1) is 11.4 Å². The molecule has 2 aliphatic rings. The highest BCUT2D eigenvalue weighted by Crippen LogP contribution is 2.29. The second kappa shape index (κ2) is 7.17. The molecule has 1 unspecified atom stereocenters. The molecule has 6 nitrogen and oxygen atoms in total. The van der Waals surface area contributed by atoms with E-state index in [1.54, 1.807) is 12.4 Å². The fourth-order valence-electron chi connectivity index (χ4n) is 3.85. The molecule has 25 heavy (non-hydrogen) atoms. The largest absolute Gasteiger partial charge is 0.354 e. The number of anilines is 1. The quantitative estimate of drug-likeness (QED) is 0.908. The van der Waals surface area contributed by atoms with E-state index in [0.29, 0.717) is 30.2 Å². The molecular weight excluding hydrogens is 314 g/mol. The molecule has 0 aromatic carbocycles. The van der Waals surface area contributed by atoms with Crippen molar-refractivity contribution in [1.29, 1.82) is 0 Å². The number of pyridine rings is 1. The van der Waals surface area contributed by atoms with E-state index in [-0.39, 0.29) is 0 Å². The molecule has 0 spiro atoms. The van der Waals surface area contributed by atoms with E-state index in [0.717, 1.165) is 24.5 Å². The topological polar surface area (TPSA) is 71.0 Å². The third-order valence-corrected chi connectivity index (χ3v) is 5.14. The van der Waals surface area contributed by atoms with Crippen molar-refractivity contribution in [2.45, 2.75) is 38.1 Å². The summed E-state index contributed by atoms with van der Waals surface area (Å²) in [6, 6.07) is 8.09. The number of carbonyl (C=O) groups excluding carboxylic acids is 1. The summed E-state index contributed by atoms with van der Waals surface area (Å²) < 4.78 is 0. The Kier molecular flexibility index (Phi) is 4.59. The lowest BCUT2D eigenvalue weighted by Crippen LogP contribution is -2.34. The molecular formula is C19H23N5O. The second-order valence-electron chi connectivity index (χ2n) is 6.92. The smallest absolute Gasteiger partial charge is 0.223 e. The van der Waals surface area contributed by atoms with Crippen LogP contribution in [0.2, 0.25) is 0 Å². The van der Waals surface area contributed by atoms with E-state index in [9.17, 15) is 4.79 Å². The van der Waals surface area contributed by atoms with E-state index < -0.39 is 0 Å². The van der Waals surface area contributed by atoms with Crippen LogP contribution in [0, 0.1) is 5.92 Å². The summed E-state index contributed by atoms with van der Waals surface area (Å²) in [6.07, 6.45) is 8.97. The van der Waals surface area contributed by atoms with Gasteiger partial charge >= 0.3 is 0 Å². The number of hydrogen-bond donors (Lipinski definition) is 1. The highest BCUT2D eigenvalue weighted by atomic mass is 16.2. The SMILES string of the molecule is O=C1CC(CNc2nccc(-c3ccccn3)n2)CN1C1CCCC1. The first-order valence-electron chi connectivity index (χ1n) is 9.07. The molecule has 1 aliphatic carbocycles. The molecule has 130 valence electrons. The Bertz CT molecular complexity index is 730. The number of carbonyl (C=O) groups is 1. The van der Waals surface area contributed by atoms with Crippen molar-refractivity contribution in [3.8, 4) is 11.4 Å². The van der Waals surface area contributed by atoms with E-state index in [2.05, 4.69) is 25.2 Å². The molecule has 4 rings (SSSR count). The minimum Gasteiger partial charge on any atom is -0.354 e. The van der Waals surface area contributed by atoms with E-state index in [1.807, 2.05) is 24.3 Å². The Balaban J connectivity index is 1.36. The Morgan fingerprint density at radius 3 is 2.76 bits per heavy atom. The van der Waals surface area contributed by atoms with E-state index in [4.69, 9.17) is 0 Å². The second-order valence-corrected chi connectivity index (χ2v) is 6.92. The number of rotatable bonds is 5. The van der Waals surface area contributed by atoms with Gasteiger partial charge < -0.3 is 10.2 Å². The summed E-state index contributed by atoms with van der Waals surface area (Å²) >= 11 is 0. The van der Waals surface area contributed by atoms with Crippen LogP contribution in [-0.4, -0.2) is 44.9 Å². The predicted octanol–water partition coefficient (Wildman–Crippen LogP) is 2.74. The molecule has 0 bridgehead atoms. The van der Waals surface area contributed by atoms with Crippen molar-refractivity contribution in [3.63, 3.8) is 0 Å². The first kappa shape index (κ1) is 16.0. The molecule has 1 saturated carbocycles. The van der Waals surface area contributed by atoms with Crippen LogP contribution in [0.25, 0.3) is 11.4 Å². The van der Waals surface area contributed by atoms with Crippen molar-refractivity contribution in [2.75, 3.05) is 18.4 Å². The Morgan fingerprint density at radius 2 is 1.96 bits per heavy atom. The van der Waals surface area contributed by atoms with Gasteiger partial charge in [-0.15, -0.1) is 0 Å². The summed E-state index contributed by atoms with van der Waals surface area (Å²) in [5.41, 5.74) is 1.63. The van der Waals surface area contributed by atoms with Gasteiger partial charge in [-0.3, -0.25) is 9.78 Å². The van der Waals surface area contributed by atoms with Crippen LogP contribution in [0.1, 0.15) is 32.1 Å². The maximum absolute atomic E-state index is 12.3. The van der Waals surface area contributed by atoms with Crippen LogP contribution in [0.5, 0.6) is 0 Å². The van der Waals surface area contributed by atoms with Crippen molar-refractivity contribution in [1.82, 2.24) is 19.9 Å². The molecule has 2 aromatic heterocycles. The summed E-state index contributed by atoms with van der Waals surface area (Å²) in [4.78, 5) is 27.5. The van der Waals surface area contributed by atoms with Crippen LogP contribution in [0.3, 0.4) is 0 Å². The Morgan fingerprint density at radius 1 is 1.08 bits per heavy atom. The third kappa shape index (κ3) is 3.62. The molecule has 2 fully saturated rings. The lowest BCUT2D eigenvalue weighted by Gasteiger charge is -2.24. The summed E-state index contributed by atoms with van der Waals surface area (Å²) in [5.74, 6) is 1.23. The third-order valence-electron chi connectivity index (χ3n) is 5.14. The monoisotopic (exact) mass is 337 g/mol. The normalized spacial score (nSPS) is 21.0. The highest BCUT2D eigenvalue weighted by molar-refractivity contribution is 5.79. The molecule has 1 N–H and O–H groups in total. The number of nitrogens with zero attached hydrogens (tertiary/aromatic N) is 4. The maximum Gasteiger partial charge on any atom is 0.223 e. The number of amides is 1. The molecule has 3 heterocycles. The Labute approximate surface area is 147 Å². The molecule has 1 aliphatic heterocycles. The minimum atomic E-state index is 0.307. The first-order valence-corrected chi connectivity index (χ1v) is 9.07. The Hall–Kier alpha value is -2.50. The minimum absolute atomic E-state index is 0.307. The summed E-state index contributed by atoms with van der Waals surface area (Å²) in [6.45, 7) is 1.58. The van der Waals surface area contributed by atoms with Gasteiger partial charge in [-0.25, -0.2) is 9.97 Å². The van der Waals surface area contributed by atoms with Gasteiger partial charge in [-0.2, -0.15) is 0 Å². The molecule has 0 radical (unpaired) electrons. The maximum atomic E-state index is 12.3. The molecule has 2 aromatic rings. The standard InChI is InChI=1S/C19H23N5O/c25-18-11-14(13-24(18)15-5-1-2-6-15)12-22-19-21-10-8-17(23-19)16-7-3-4-9-20-16/h3-4,7-10,14-15H,1-2,5-6,11-13H2,(H,21,22,23). The van der Waals surface area contributed by atoms with Crippen LogP contribution in [0.4, 0.5) is 5.95 Å². The van der Waals surface area contributed by atoms with Crippen LogP contribution in [0.15, 0.2) is 36.7 Å². The lowest BCUT2D eigenvalue weighted by atomic mass is 10.1. The number of likely N-dealkylation sites (tertiary alicyclic amines) is 1.